The van der Waals surface area contributed by atoms with Crippen LogP contribution in [-0.2, 0) is 0 Å². The summed E-state index contributed by atoms with van der Waals surface area (Å²) in [5.74, 6) is 0. The van der Waals surface area contributed by atoms with Crippen LogP contribution in [0.4, 0.5) is 0 Å². The highest BCUT2D eigenvalue weighted by molar-refractivity contribution is 6.32. The van der Waals surface area contributed by atoms with Crippen LogP contribution in [0.2, 0.25) is 0 Å². The van der Waals surface area contributed by atoms with Crippen molar-refractivity contribution >= 4 is 11.6 Å². The van der Waals surface area contributed by atoms with Gasteiger partial charge >= 0.3 is 0 Å². The molecule has 0 aliphatic heterocycles. The van der Waals surface area contributed by atoms with Gasteiger partial charge in [0.15, 0.2) is 0 Å². The summed E-state index contributed by atoms with van der Waals surface area (Å²) in [5.41, 5.74) is 2.46. The molecule has 0 heterocycles. The summed E-state index contributed by atoms with van der Waals surface area (Å²) in [6, 6.07) is 0. The fourth-order valence-electron chi connectivity index (χ4n) is 1.60. The molecule has 0 aromatic carbocycles. The van der Waals surface area contributed by atoms with Gasteiger partial charge in [0.25, 0.3) is 0 Å². The molecule has 0 fully saturated rings. The molecule has 0 N–H and O–H groups in total. The van der Waals surface area contributed by atoms with E-state index in [1.165, 1.54) is 17.6 Å². The Hall–Kier alpha value is -1.01. The average Bonchev–Trinajstić information content (AvgIpc) is 2.26. The van der Waals surface area contributed by atoms with Crippen molar-refractivity contribution in [2.75, 3.05) is 0 Å². The lowest BCUT2D eigenvalue weighted by atomic mass is 9.94. The Morgan fingerprint density at radius 2 is 2.07 bits per heavy atom. The summed E-state index contributed by atoms with van der Waals surface area (Å²) in [5, 5.41) is 0.914. The van der Waals surface area contributed by atoms with Gasteiger partial charge in [-0.2, -0.15) is 0 Å². The summed E-state index contributed by atoms with van der Waals surface area (Å²) in [6.45, 7) is 5.67. The third kappa shape index (κ3) is 3.56. The van der Waals surface area contributed by atoms with Gasteiger partial charge in [-0.15, -0.1) is 0 Å². The molecule has 0 aromatic heterocycles. The highest BCUT2D eigenvalue weighted by Gasteiger charge is 2.12. The SMILES string of the molecule is C=C/C=C/C1=C(Cl)C(=C/C=C/C)/CCC1. The lowest BCUT2D eigenvalue weighted by Gasteiger charge is -2.16. The third-order valence-electron chi connectivity index (χ3n) is 2.38. The first kappa shape index (κ1) is 12.1. The van der Waals surface area contributed by atoms with E-state index in [9.17, 15) is 0 Å². The third-order valence-corrected chi connectivity index (χ3v) is 2.86. The highest BCUT2D eigenvalue weighted by Crippen LogP contribution is 2.32. The van der Waals surface area contributed by atoms with Gasteiger partial charge < -0.3 is 0 Å². The molecule has 1 aliphatic carbocycles. The van der Waals surface area contributed by atoms with Crippen molar-refractivity contribution in [1.82, 2.24) is 0 Å². The first-order valence-electron chi connectivity index (χ1n) is 5.29. The van der Waals surface area contributed by atoms with Crippen LogP contribution in [-0.4, -0.2) is 0 Å². The molecule has 0 saturated carbocycles. The Bertz CT molecular complexity index is 340. The monoisotopic (exact) mass is 220 g/mol. The lowest BCUT2D eigenvalue weighted by molar-refractivity contribution is 0.792. The summed E-state index contributed by atoms with van der Waals surface area (Å²) in [4.78, 5) is 0. The Morgan fingerprint density at radius 1 is 1.27 bits per heavy atom. The minimum atomic E-state index is 0.914. The Labute approximate surface area is 97.3 Å². The second kappa shape index (κ2) is 6.47. The van der Waals surface area contributed by atoms with Gasteiger partial charge in [0.1, 0.15) is 0 Å². The van der Waals surface area contributed by atoms with Crippen molar-refractivity contribution in [2.45, 2.75) is 26.2 Å². The Balaban J connectivity index is 2.94. The van der Waals surface area contributed by atoms with Crippen molar-refractivity contribution in [1.29, 1.82) is 0 Å². The molecular formula is C14H17Cl. The van der Waals surface area contributed by atoms with E-state index in [0.717, 1.165) is 17.9 Å². The van der Waals surface area contributed by atoms with Crippen molar-refractivity contribution in [2.24, 2.45) is 0 Å². The van der Waals surface area contributed by atoms with E-state index >= 15 is 0 Å². The number of halogens is 1. The van der Waals surface area contributed by atoms with Crippen LogP contribution in [0.25, 0.3) is 0 Å². The van der Waals surface area contributed by atoms with Crippen LogP contribution in [0.5, 0.6) is 0 Å². The van der Waals surface area contributed by atoms with E-state index < -0.39 is 0 Å². The summed E-state index contributed by atoms with van der Waals surface area (Å²) in [6.07, 6.45) is 15.3. The second-order valence-corrected chi connectivity index (χ2v) is 3.88. The molecule has 0 saturated heterocycles. The molecule has 1 heteroatoms. The van der Waals surface area contributed by atoms with Crippen LogP contribution in [0.1, 0.15) is 26.2 Å². The Kier molecular flexibility index (Phi) is 5.20. The largest absolute Gasteiger partial charge is 0.0991 e. The summed E-state index contributed by atoms with van der Waals surface area (Å²) < 4.78 is 0. The molecule has 0 radical (unpaired) electrons. The lowest BCUT2D eigenvalue weighted by Crippen LogP contribution is -1.97. The summed E-state index contributed by atoms with van der Waals surface area (Å²) in [7, 11) is 0. The number of allylic oxidation sites excluding steroid dienone is 9. The fraction of sp³-hybridized carbons (Fsp3) is 0.286. The molecule has 0 spiro atoms. The van der Waals surface area contributed by atoms with Gasteiger partial charge in [-0.3, -0.25) is 0 Å². The molecule has 15 heavy (non-hydrogen) atoms. The maximum atomic E-state index is 6.31. The number of rotatable bonds is 3. The second-order valence-electron chi connectivity index (χ2n) is 3.51. The van der Waals surface area contributed by atoms with E-state index in [1.54, 1.807) is 6.08 Å². The van der Waals surface area contributed by atoms with Crippen LogP contribution in [0.15, 0.2) is 59.2 Å². The smallest absolute Gasteiger partial charge is 0.0469 e. The molecule has 0 unspecified atom stereocenters. The first-order valence-corrected chi connectivity index (χ1v) is 5.67. The van der Waals surface area contributed by atoms with Gasteiger partial charge in [0.05, 0.1) is 0 Å². The molecule has 0 aromatic rings. The van der Waals surface area contributed by atoms with Gasteiger partial charge in [-0.05, 0) is 37.3 Å². The van der Waals surface area contributed by atoms with Crippen LogP contribution >= 0.6 is 11.6 Å². The zero-order valence-electron chi connectivity index (χ0n) is 9.17. The molecule has 0 bridgehead atoms. The van der Waals surface area contributed by atoms with Crippen molar-refractivity contribution < 1.29 is 0 Å². The molecule has 0 atom stereocenters. The minimum Gasteiger partial charge on any atom is -0.0991 e. The first-order chi connectivity index (χ1) is 7.29. The van der Waals surface area contributed by atoms with E-state index in [2.05, 4.69) is 18.7 Å². The normalized spacial score (nSPS) is 20.8. The molecule has 1 aliphatic rings. The van der Waals surface area contributed by atoms with Gasteiger partial charge in [0, 0.05) is 5.03 Å². The van der Waals surface area contributed by atoms with E-state index in [-0.39, 0.29) is 0 Å². The van der Waals surface area contributed by atoms with Crippen LogP contribution in [0.3, 0.4) is 0 Å². The van der Waals surface area contributed by atoms with E-state index in [1.807, 2.05) is 25.2 Å². The van der Waals surface area contributed by atoms with Gasteiger partial charge in [-0.25, -0.2) is 0 Å². The van der Waals surface area contributed by atoms with Crippen molar-refractivity contribution in [3.8, 4) is 0 Å². The molecular weight excluding hydrogens is 204 g/mol. The maximum absolute atomic E-state index is 6.31. The standard InChI is InChI=1S/C14H17Cl/c1-3-5-8-12-10-7-11-13(14(12)15)9-6-4-2/h3-6,8-9H,1,7,10-11H2,2H3/b6-4+,8-5+,13-9+. The van der Waals surface area contributed by atoms with Crippen molar-refractivity contribution in [3.63, 3.8) is 0 Å². The topological polar surface area (TPSA) is 0 Å². The molecule has 0 amide bonds. The molecule has 0 nitrogen and oxygen atoms in total. The van der Waals surface area contributed by atoms with Crippen LogP contribution in [0, 0.1) is 0 Å². The highest BCUT2D eigenvalue weighted by atomic mass is 35.5. The van der Waals surface area contributed by atoms with E-state index in [4.69, 9.17) is 11.6 Å². The Morgan fingerprint density at radius 3 is 2.73 bits per heavy atom. The zero-order chi connectivity index (χ0) is 11.1. The quantitative estimate of drug-likeness (QED) is 0.593. The van der Waals surface area contributed by atoms with Crippen LogP contribution < -0.4 is 0 Å². The predicted octanol–water partition coefficient (Wildman–Crippen LogP) is 4.91. The predicted molar refractivity (Wildman–Crippen MR) is 69.0 cm³/mol. The number of hydrogen-bond donors (Lipinski definition) is 0. The van der Waals surface area contributed by atoms with Crippen molar-refractivity contribution in [3.05, 3.63) is 59.2 Å². The number of hydrogen-bond acceptors (Lipinski definition) is 0. The maximum Gasteiger partial charge on any atom is 0.0469 e. The average molecular weight is 221 g/mol. The minimum absolute atomic E-state index is 0.914. The molecule has 1 rings (SSSR count). The molecule has 80 valence electrons. The van der Waals surface area contributed by atoms with Gasteiger partial charge in [0.2, 0.25) is 0 Å². The summed E-state index contributed by atoms with van der Waals surface area (Å²) >= 11 is 6.31. The van der Waals surface area contributed by atoms with E-state index in [0.29, 0.717) is 0 Å². The fourth-order valence-corrected chi connectivity index (χ4v) is 1.92. The zero-order valence-corrected chi connectivity index (χ0v) is 9.93. The van der Waals surface area contributed by atoms with Gasteiger partial charge in [-0.1, -0.05) is 54.6 Å².